The van der Waals surface area contributed by atoms with E-state index < -0.39 is 0 Å². The van der Waals surface area contributed by atoms with Gasteiger partial charge in [-0.05, 0) is 35.7 Å². The van der Waals surface area contributed by atoms with Gasteiger partial charge in [0.15, 0.2) is 5.96 Å². The summed E-state index contributed by atoms with van der Waals surface area (Å²) >= 11 is 0. The van der Waals surface area contributed by atoms with Crippen molar-refractivity contribution in [2.75, 3.05) is 18.4 Å². The first-order valence-corrected chi connectivity index (χ1v) is 11.3. The third kappa shape index (κ3) is 5.88. The van der Waals surface area contributed by atoms with E-state index >= 15 is 0 Å². The molecule has 0 radical (unpaired) electrons. The highest BCUT2D eigenvalue weighted by atomic mass is 16.1. The van der Waals surface area contributed by atoms with Crippen molar-refractivity contribution in [3.05, 3.63) is 100.0 Å². The molecule has 3 N–H and O–H groups in total. The van der Waals surface area contributed by atoms with E-state index in [1.807, 2.05) is 55.5 Å². The summed E-state index contributed by atoms with van der Waals surface area (Å²) in [6.45, 7) is 4.48. The van der Waals surface area contributed by atoms with Gasteiger partial charge >= 0.3 is 0 Å². The van der Waals surface area contributed by atoms with Crippen LogP contribution in [0.15, 0.2) is 82.7 Å². The van der Waals surface area contributed by atoms with Crippen LogP contribution in [0, 0.1) is 0 Å². The number of guanidine groups is 1. The Morgan fingerprint density at radius 1 is 1.00 bits per heavy atom. The summed E-state index contributed by atoms with van der Waals surface area (Å²) in [5.41, 5.74) is 4.17. The number of amides is 1. The van der Waals surface area contributed by atoms with Gasteiger partial charge < -0.3 is 20.5 Å². The first-order chi connectivity index (χ1) is 16.1. The maximum atomic E-state index is 12.1. The Labute approximate surface area is 193 Å². The van der Waals surface area contributed by atoms with Crippen LogP contribution in [0.1, 0.15) is 36.0 Å². The maximum absolute atomic E-state index is 12.1. The highest BCUT2D eigenvalue weighted by Gasteiger charge is 2.24. The minimum Gasteiger partial charge on any atom is -0.357 e. The molecule has 1 aromatic heterocycles. The molecule has 1 unspecified atom stereocenters. The van der Waals surface area contributed by atoms with E-state index in [4.69, 9.17) is 4.99 Å². The Kier molecular flexibility index (Phi) is 7.19. The lowest BCUT2D eigenvalue weighted by Crippen LogP contribution is -2.40. The standard InChI is InChI=1S/C26H29N5O2/c1-2-27-26(29-17-21-15-24(32)30-23-8-4-3-7-22(21)23)28-16-19-10-12-20(13-11-19)18-31-14-6-5-9-25(31)33/h3-14,21H,2,15-18H2,1H3,(H,30,32)(H2,27,28,29). The molecule has 1 atom stereocenters. The smallest absolute Gasteiger partial charge is 0.250 e. The van der Waals surface area contributed by atoms with Crippen molar-refractivity contribution >= 4 is 17.6 Å². The summed E-state index contributed by atoms with van der Waals surface area (Å²) in [6, 6.07) is 21.3. The van der Waals surface area contributed by atoms with Gasteiger partial charge in [0.25, 0.3) is 5.56 Å². The number of hydrogen-bond donors (Lipinski definition) is 3. The van der Waals surface area contributed by atoms with Gasteiger partial charge in [0, 0.05) is 43.4 Å². The van der Waals surface area contributed by atoms with E-state index in [-0.39, 0.29) is 17.4 Å². The molecule has 0 fully saturated rings. The van der Waals surface area contributed by atoms with Gasteiger partial charge in [0.2, 0.25) is 5.91 Å². The summed E-state index contributed by atoms with van der Waals surface area (Å²) in [5.74, 6) is 0.862. The topological polar surface area (TPSA) is 87.5 Å². The number of carbonyl (C=O) groups is 1. The summed E-state index contributed by atoms with van der Waals surface area (Å²) in [7, 11) is 0. The predicted octanol–water partition coefficient (Wildman–Crippen LogP) is 3.08. The minimum atomic E-state index is -0.00870. The Balaban J connectivity index is 1.38. The molecule has 1 aliphatic rings. The predicted molar refractivity (Wildman–Crippen MR) is 131 cm³/mol. The zero-order valence-electron chi connectivity index (χ0n) is 18.8. The second-order valence-electron chi connectivity index (χ2n) is 8.10. The van der Waals surface area contributed by atoms with E-state index in [2.05, 4.69) is 22.0 Å². The average Bonchev–Trinajstić information content (AvgIpc) is 2.83. The van der Waals surface area contributed by atoms with Gasteiger partial charge in [0.1, 0.15) is 0 Å². The molecule has 1 aliphatic heterocycles. The molecule has 0 saturated heterocycles. The number of carbonyl (C=O) groups excluding carboxylic acids is 1. The van der Waals surface area contributed by atoms with Crippen LogP contribution in [-0.4, -0.2) is 29.5 Å². The van der Waals surface area contributed by atoms with Gasteiger partial charge in [-0.15, -0.1) is 0 Å². The molecule has 0 saturated carbocycles. The summed E-state index contributed by atoms with van der Waals surface area (Å²) in [5, 5.41) is 9.61. The molecule has 2 aromatic carbocycles. The molecule has 7 heteroatoms. The van der Waals surface area contributed by atoms with Crippen LogP contribution < -0.4 is 21.5 Å². The third-order valence-corrected chi connectivity index (χ3v) is 5.66. The molecular weight excluding hydrogens is 414 g/mol. The maximum Gasteiger partial charge on any atom is 0.250 e. The third-order valence-electron chi connectivity index (χ3n) is 5.66. The Bertz CT molecular complexity index is 1180. The molecule has 0 spiro atoms. The molecule has 7 nitrogen and oxygen atoms in total. The van der Waals surface area contributed by atoms with Crippen molar-refractivity contribution in [3.8, 4) is 0 Å². The highest BCUT2D eigenvalue weighted by molar-refractivity contribution is 5.94. The molecule has 1 amide bonds. The van der Waals surface area contributed by atoms with Crippen molar-refractivity contribution in [2.45, 2.75) is 32.4 Å². The van der Waals surface area contributed by atoms with Gasteiger partial charge in [-0.1, -0.05) is 48.5 Å². The fourth-order valence-electron chi connectivity index (χ4n) is 3.95. The van der Waals surface area contributed by atoms with Crippen molar-refractivity contribution in [1.29, 1.82) is 0 Å². The number of para-hydroxylation sites is 1. The first-order valence-electron chi connectivity index (χ1n) is 11.3. The molecular formula is C26H29N5O2. The van der Waals surface area contributed by atoms with E-state index in [1.165, 1.54) is 0 Å². The monoisotopic (exact) mass is 443 g/mol. The Hall–Kier alpha value is -3.87. The molecule has 0 bridgehead atoms. The number of fused-ring (bicyclic) bond motifs is 1. The van der Waals surface area contributed by atoms with E-state index in [0.29, 0.717) is 26.1 Å². The van der Waals surface area contributed by atoms with E-state index in [0.717, 1.165) is 34.9 Å². The highest BCUT2D eigenvalue weighted by Crippen LogP contribution is 2.31. The number of benzene rings is 2. The summed E-state index contributed by atoms with van der Waals surface area (Å²) in [6.07, 6.45) is 2.25. The average molecular weight is 444 g/mol. The number of aromatic nitrogens is 1. The van der Waals surface area contributed by atoms with Crippen molar-refractivity contribution in [1.82, 2.24) is 15.2 Å². The SMILES string of the molecule is CCNC(=NCc1ccc(Cn2ccccc2=O)cc1)NCC1CC(=O)Nc2ccccc21. The van der Waals surface area contributed by atoms with Crippen LogP contribution in [0.5, 0.6) is 0 Å². The van der Waals surface area contributed by atoms with E-state index in [1.54, 1.807) is 22.9 Å². The van der Waals surface area contributed by atoms with Crippen LogP contribution in [-0.2, 0) is 17.9 Å². The first kappa shape index (κ1) is 22.3. The molecule has 2 heterocycles. The Morgan fingerprint density at radius 3 is 2.55 bits per heavy atom. The molecule has 170 valence electrons. The Morgan fingerprint density at radius 2 is 1.76 bits per heavy atom. The van der Waals surface area contributed by atoms with Crippen LogP contribution in [0.3, 0.4) is 0 Å². The van der Waals surface area contributed by atoms with E-state index in [9.17, 15) is 9.59 Å². The second-order valence-corrected chi connectivity index (χ2v) is 8.10. The number of pyridine rings is 1. The second kappa shape index (κ2) is 10.6. The van der Waals surface area contributed by atoms with Crippen LogP contribution in [0.4, 0.5) is 5.69 Å². The molecule has 4 rings (SSSR count). The van der Waals surface area contributed by atoms with Gasteiger partial charge in [0.05, 0.1) is 13.1 Å². The summed E-state index contributed by atoms with van der Waals surface area (Å²) in [4.78, 5) is 28.7. The lowest BCUT2D eigenvalue weighted by Gasteiger charge is -2.26. The summed E-state index contributed by atoms with van der Waals surface area (Å²) < 4.78 is 1.68. The molecule has 33 heavy (non-hydrogen) atoms. The lowest BCUT2D eigenvalue weighted by atomic mass is 9.90. The number of nitrogens with one attached hydrogen (secondary N) is 3. The lowest BCUT2D eigenvalue weighted by molar-refractivity contribution is -0.116. The molecule has 3 aromatic rings. The molecule has 0 aliphatic carbocycles. The van der Waals surface area contributed by atoms with Crippen LogP contribution in [0.25, 0.3) is 0 Å². The number of anilines is 1. The quantitative estimate of drug-likeness (QED) is 0.387. The number of rotatable bonds is 7. The zero-order valence-corrected chi connectivity index (χ0v) is 18.8. The van der Waals surface area contributed by atoms with Gasteiger partial charge in [-0.2, -0.15) is 0 Å². The van der Waals surface area contributed by atoms with Crippen LogP contribution >= 0.6 is 0 Å². The largest absolute Gasteiger partial charge is 0.357 e. The number of nitrogens with zero attached hydrogens (tertiary/aromatic N) is 2. The fraction of sp³-hybridized carbons (Fsp3) is 0.269. The van der Waals surface area contributed by atoms with Gasteiger partial charge in [-0.3, -0.25) is 9.59 Å². The van der Waals surface area contributed by atoms with Crippen molar-refractivity contribution < 1.29 is 4.79 Å². The number of hydrogen-bond acceptors (Lipinski definition) is 3. The van der Waals surface area contributed by atoms with Crippen molar-refractivity contribution in [3.63, 3.8) is 0 Å². The van der Waals surface area contributed by atoms with Crippen molar-refractivity contribution in [2.24, 2.45) is 4.99 Å². The zero-order chi connectivity index (χ0) is 23.0. The normalized spacial score (nSPS) is 15.5. The number of aliphatic imine (C=N–C) groups is 1. The van der Waals surface area contributed by atoms with Crippen LogP contribution in [0.2, 0.25) is 0 Å². The van der Waals surface area contributed by atoms with Gasteiger partial charge in [-0.25, -0.2) is 4.99 Å². The fourth-order valence-corrected chi connectivity index (χ4v) is 3.95. The minimum absolute atomic E-state index is 0.00870.